The molecule has 0 atom stereocenters. The van der Waals surface area contributed by atoms with E-state index in [4.69, 9.17) is 13.6 Å². The molecule has 0 N–H and O–H groups in total. The van der Waals surface area contributed by atoms with Crippen LogP contribution in [-0.2, 0) is 4.74 Å². The molecule has 0 aliphatic carbocycles. The molecule has 0 unspecified atom stereocenters. The summed E-state index contributed by atoms with van der Waals surface area (Å²) in [4.78, 5) is 24.3. The molecule has 2 aromatic heterocycles. The maximum Gasteiger partial charge on any atom is 0.338 e. The van der Waals surface area contributed by atoms with Crippen LogP contribution in [0.2, 0.25) is 0 Å². The van der Waals surface area contributed by atoms with Gasteiger partial charge in [0.15, 0.2) is 5.76 Å². The molecule has 0 amide bonds. The molecule has 0 saturated heterocycles. The Balaban J connectivity index is 1.57. The summed E-state index contributed by atoms with van der Waals surface area (Å²) in [5, 5.41) is 0.874. The highest BCUT2D eigenvalue weighted by Crippen LogP contribution is 2.27. The predicted molar refractivity (Wildman–Crippen MR) is 105 cm³/mol. The number of para-hydroxylation sites is 1. The van der Waals surface area contributed by atoms with E-state index >= 15 is 0 Å². The summed E-state index contributed by atoms with van der Waals surface area (Å²) in [6.45, 7) is 0. The van der Waals surface area contributed by atoms with Crippen LogP contribution in [0.3, 0.4) is 0 Å². The van der Waals surface area contributed by atoms with Crippen LogP contribution < -0.4 is 0 Å². The number of carbonyl (C=O) groups excluding carboxylic acids is 2. The van der Waals surface area contributed by atoms with Gasteiger partial charge in [0.05, 0.1) is 12.7 Å². The van der Waals surface area contributed by atoms with Crippen LogP contribution in [0.5, 0.6) is 0 Å². The van der Waals surface area contributed by atoms with Crippen LogP contribution in [0.4, 0.5) is 0 Å². The van der Waals surface area contributed by atoms with E-state index in [1.807, 2.05) is 30.3 Å². The van der Waals surface area contributed by atoms with Crippen molar-refractivity contribution in [2.45, 2.75) is 0 Å². The second kappa shape index (κ2) is 7.40. The number of allylic oxidation sites excluding steroid dienone is 1. The number of fused-ring (bicyclic) bond motifs is 1. The summed E-state index contributed by atoms with van der Waals surface area (Å²) < 4.78 is 16.1. The fourth-order valence-corrected chi connectivity index (χ4v) is 2.92. The van der Waals surface area contributed by atoms with Gasteiger partial charge in [-0.15, -0.1) is 0 Å². The Morgan fingerprint density at radius 1 is 0.929 bits per heavy atom. The van der Waals surface area contributed by atoms with Crippen LogP contribution in [0.15, 0.2) is 81.6 Å². The maximum absolute atomic E-state index is 12.4. The van der Waals surface area contributed by atoms with E-state index in [0.29, 0.717) is 28.2 Å². The highest BCUT2D eigenvalue weighted by atomic mass is 16.5. The summed E-state index contributed by atoms with van der Waals surface area (Å²) in [5.74, 6) is 0.560. The summed E-state index contributed by atoms with van der Waals surface area (Å²) in [6, 6.07) is 19.6. The minimum absolute atomic E-state index is 0.260. The number of ether oxygens (including phenoxy) is 1. The molecule has 138 valence electrons. The van der Waals surface area contributed by atoms with Crippen LogP contribution in [0, 0.1) is 0 Å². The van der Waals surface area contributed by atoms with Gasteiger partial charge in [-0.25, -0.2) is 4.79 Å². The van der Waals surface area contributed by atoms with Crippen molar-refractivity contribution < 1.29 is 23.2 Å². The van der Waals surface area contributed by atoms with E-state index in [1.165, 1.54) is 13.2 Å². The molecule has 5 nitrogen and oxygen atoms in total. The summed E-state index contributed by atoms with van der Waals surface area (Å²) in [6.07, 6.45) is 2.96. The first-order chi connectivity index (χ1) is 13.7. The zero-order chi connectivity index (χ0) is 19.5. The Hall–Kier alpha value is -3.86. The first-order valence-electron chi connectivity index (χ1n) is 8.64. The maximum atomic E-state index is 12.4. The van der Waals surface area contributed by atoms with Crippen LogP contribution in [0.25, 0.3) is 28.4 Å². The fraction of sp³-hybridized carbons (Fsp3) is 0.0435. The molecule has 0 aliphatic rings. The Kier molecular flexibility index (Phi) is 4.64. The topological polar surface area (TPSA) is 69.7 Å². The molecule has 0 radical (unpaired) electrons. The molecule has 0 fully saturated rings. The second-order valence-corrected chi connectivity index (χ2v) is 6.09. The number of benzene rings is 2. The molecular weight excluding hydrogens is 356 g/mol. The second-order valence-electron chi connectivity index (χ2n) is 6.09. The number of furan rings is 2. The lowest BCUT2D eigenvalue weighted by atomic mass is 10.1. The summed E-state index contributed by atoms with van der Waals surface area (Å²) in [7, 11) is 1.33. The van der Waals surface area contributed by atoms with Gasteiger partial charge in [-0.2, -0.15) is 0 Å². The molecule has 0 aliphatic heterocycles. The van der Waals surface area contributed by atoms with Gasteiger partial charge in [0, 0.05) is 10.9 Å². The quantitative estimate of drug-likeness (QED) is 0.267. The van der Waals surface area contributed by atoms with Gasteiger partial charge in [-0.1, -0.05) is 36.4 Å². The Morgan fingerprint density at radius 2 is 1.71 bits per heavy atom. The van der Waals surface area contributed by atoms with Crippen LogP contribution >= 0.6 is 0 Å². The largest absolute Gasteiger partial charge is 0.465 e. The third-order valence-electron chi connectivity index (χ3n) is 4.29. The lowest BCUT2D eigenvalue weighted by molar-refractivity contribution is 0.0601. The normalized spacial score (nSPS) is 11.2. The van der Waals surface area contributed by atoms with E-state index < -0.39 is 5.97 Å². The molecule has 2 aromatic carbocycles. The smallest absolute Gasteiger partial charge is 0.338 e. The average molecular weight is 372 g/mol. The number of rotatable bonds is 5. The first-order valence-corrected chi connectivity index (χ1v) is 8.64. The molecular formula is C23H16O5. The predicted octanol–water partition coefficient (Wildman–Crippen LogP) is 5.38. The Morgan fingerprint density at radius 3 is 2.54 bits per heavy atom. The Labute approximate surface area is 160 Å². The monoisotopic (exact) mass is 372 g/mol. The van der Waals surface area contributed by atoms with Crippen LogP contribution in [-0.4, -0.2) is 18.9 Å². The zero-order valence-electron chi connectivity index (χ0n) is 15.0. The Bertz CT molecular complexity index is 1160. The molecule has 0 bridgehead atoms. The molecule has 4 aromatic rings. The van der Waals surface area contributed by atoms with Crippen molar-refractivity contribution in [3.8, 4) is 11.3 Å². The minimum atomic E-state index is -0.441. The van der Waals surface area contributed by atoms with Crippen molar-refractivity contribution in [2.24, 2.45) is 0 Å². The molecule has 28 heavy (non-hydrogen) atoms. The molecule has 2 heterocycles. The van der Waals surface area contributed by atoms with E-state index in [1.54, 1.807) is 42.5 Å². The van der Waals surface area contributed by atoms with E-state index in [-0.39, 0.29) is 11.5 Å². The zero-order valence-corrected chi connectivity index (χ0v) is 15.0. The SMILES string of the molecule is COC(=O)c1ccccc1-c1ccc(C=CC(=O)c2cc3ccccc3o2)o1. The number of carbonyl (C=O) groups is 2. The number of hydrogen-bond donors (Lipinski definition) is 0. The number of hydrogen-bond acceptors (Lipinski definition) is 5. The van der Waals surface area contributed by atoms with E-state index in [0.717, 1.165) is 5.39 Å². The molecule has 5 heteroatoms. The van der Waals surface area contributed by atoms with Crippen molar-refractivity contribution in [1.82, 2.24) is 0 Å². The van der Waals surface area contributed by atoms with Gasteiger partial charge < -0.3 is 13.6 Å². The molecule has 4 rings (SSSR count). The van der Waals surface area contributed by atoms with Gasteiger partial charge in [-0.05, 0) is 42.5 Å². The molecule has 0 spiro atoms. The summed E-state index contributed by atoms with van der Waals surface area (Å²) in [5.41, 5.74) is 1.70. The van der Waals surface area contributed by atoms with Gasteiger partial charge in [0.2, 0.25) is 5.78 Å². The van der Waals surface area contributed by atoms with Gasteiger partial charge in [-0.3, -0.25) is 4.79 Å². The molecule has 0 saturated carbocycles. The van der Waals surface area contributed by atoms with Crippen molar-refractivity contribution in [2.75, 3.05) is 7.11 Å². The minimum Gasteiger partial charge on any atom is -0.465 e. The summed E-state index contributed by atoms with van der Waals surface area (Å²) >= 11 is 0. The number of esters is 1. The lowest BCUT2D eigenvalue weighted by Crippen LogP contribution is -2.02. The third-order valence-corrected chi connectivity index (χ3v) is 4.29. The highest BCUT2D eigenvalue weighted by Gasteiger charge is 2.15. The van der Waals surface area contributed by atoms with Gasteiger partial charge >= 0.3 is 5.97 Å². The van der Waals surface area contributed by atoms with E-state index in [9.17, 15) is 9.59 Å². The fourth-order valence-electron chi connectivity index (χ4n) is 2.92. The number of methoxy groups -OCH3 is 1. The first kappa shape index (κ1) is 17.5. The van der Waals surface area contributed by atoms with E-state index in [2.05, 4.69) is 0 Å². The third kappa shape index (κ3) is 3.38. The average Bonchev–Trinajstić information content (AvgIpc) is 3.38. The van der Waals surface area contributed by atoms with Crippen molar-refractivity contribution in [3.63, 3.8) is 0 Å². The van der Waals surface area contributed by atoms with Gasteiger partial charge in [0.25, 0.3) is 0 Å². The highest BCUT2D eigenvalue weighted by molar-refractivity contribution is 6.06. The number of ketones is 1. The van der Waals surface area contributed by atoms with Crippen molar-refractivity contribution in [3.05, 3.63) is 89.9 Å². The standard InChI is InChI=1S/C23H16O5/c1-26-23(25)18-8-4-3-7-17(18)21-13-11-16(27-21)10-12-19(24)22-14-15-6-2-5-9-20(15)28-22/h2-14H,1H3. The van der Waals surface area contributed by atoms with Crippen molar-refractivity contribution in [1.29, 1.82) is 0 Å². The van der Waals surface area contributed by atoms with Crippen molar-refractivity contribution >= 4 is 28.8 Å². The van der Waals surface area contributed by atoms with Crippen LogP contribution in [0.1, 0.15) is 26.7 Å². The van der Waals surface area contributed by atoms with Gasteiger partial charge in [0.1, 0.15) is 17.1 Å². The lowest BCUT2D eigenvalue weighted by Gasteiger charge is -2.04.